The number of carbonyl (C=O) groups excluding carboxylic acids is 1. The van der Waals surface area contributed by atoms with Crippen molar-refractivity contribution >= 4 is 5.97 Å². The van der Waals surface area contributed by atoms with Crippen molar-refractivity contribution in [2.75, 3.05) is 6.61 Å². The molecule has 2 nitrogen and oxygen atoms in total. The van der Waals surface area contributed by atoms with Crippen LogP contribution in [0, 0.1) is 6.92 Å². The fourth-order valence-electron chi connectivity index (χ4n) is 0.233. The highest BCUT2D eigenvalue weighted by molar-refractivity contribution is 5.88. The van der Waals surface area contributed by atoms with Crippen molar-refractivity contribution in [1.82, 2.24) is 0 Å². The maximum Gasteiger partial charge on any atom is 0.448 e. The Morgan fingerprint density at radius 3 is 2.50 bits per heavy atom. The minimum absolute atomic E-state index is 0.201. The first-order valence-electron chi connectivity index (χ1n) is 2.36. The van der Waals surface area contributed by atoms with Crippen LogP contribution in [0.2, 0.25) is 0 Å². The quantitative estimate of drug-likeness (QED) is 0.302. The van der Waals surface area contributed by atoms with Gasteiger partial charge in [-0.2, -0.15) is 4.79 Å². The van der Waals surface area contributed by atoms with Crippen LogP contribution in [0.25, 0.3) is 0 Å². The van der Waals surface area contributed by atoms with Gasteiger partial charge in [-0.05, 0) is 6.92 Å². The van der Waals surface area contributed by atoms with Crippen molar-refractivity contribution in [3.05, 3.63) is 19.1 Å². The van der Waals surface area contributed by atoms with Gasteiger partial charge in [0.05, 0.1) is 0 Å². The van der Waals surface area contributed by atoms with Gasteiger partial charge in [0.2, 0.25) is 5.57 Å². The minimum atomic E-state index is -0.424. The number of carbonyl (C=O) groups is 1. The predicted molar refractivity (Wildman–Crippen MR) is 31.1 cm³/mol. The fraction of sp³-hybridized carbons (Fsp3) is 0.333. The highest BCUT2D eigenvalue weighted by atomic mass is 16.5. The van der Waals surface area contributed by atoms with Gasteiger partial charge in [0.15, 0.2) is 0 Å². The van der Waals surface area contributed by atoms with Gasteiger partial charge in [-0.15, -0.1) is 0 Å². The average Bonchev–Trinajstić information content (AvgIpc) is 1.67. The molecule has 0 aliphatic rings. The van der Waals surface area contributed by atoms with Gasteiger partial charge in [0.25, 0.3) is 0 Å². The average molecular weight is 113 g/mol. The predicted octanol–water partition coefficient (Wildman–Crippen LogP) is 0.940. The SMILES string of the molecule is C=C([CH2+])C(=O)OCC. The van der Waals surface area contributed by atoms with Crippen molar-refractivity contribution in [2.24, 2.45) is 0 Å². The lowest BCUT2D eigenvalue weighted by Gasteiger charge is -1.88. The molecule has 0 aromatic carbocycles. The molecule has 0 bridgehead atoms. The summed E-state index contributed by atoms with van der Waals surface area (Å²) in [6.07, 6.45) is 0. The second-order valence-corrected chi connectivity index (χ2v) is 1.32. The smallest absolute Gasteiger partial charge is 0.402 e. The van der Waals surface area contributed by atoms with E-state index in [1.165, 1.54) is 0 Å². The molecule has 0 atom stereocenters. The number of esters is 1. The van der Waals surface area contributed by atoms with Crippen LogP contribution in [0.4, 0.5) is 0 Å². The normalized spacial score (nSPS) is 8.12. The van der Waals surface area contributed by atoms with Gasteiger partial charge in [0.1, 0.15) is 6.61 Å². The molecule has 0 saturated heterocycles. The van der Waals surface area contributed by atoms with E-state index in [-0.39, 0.29) is 5.57 Å². The summed E-state index contributed by atoms with van der Waals surface area (Å²) in [6, 6.07) is 0. The maximum absolute atomic E-state index is 10.4. The lowest BCUT2D eigenvalue weighted by Crippen LogP contribution is -2.03. The van der Waals surface area contributed by atoms with Gasteiger partial charge >= 0.3 is 5.97 Å². The van der Waals surface area contributed by atoms with E-state index in [2.05, 4.69) is 18.2 Å². The summed E-state index contributed by atoms with van der Waals surface area (Å²) in [5.74, 6) is -0.424. The van der Waals surface area contributed by atoms with E-state index in [1.807, 2.05) is 0 Å². The molecule has 0 unspecified atom stereocenters. The van der Waals surface area contributed by atoms with E-state index >= 15 is 0 Å². The van der Waals surface area contributed by atoms with Gasteiger partial charge in [-0.25, -0.2) is 0 Å². The number of ether oxygens (including phenoxy) is 1. The van der Waals surface area contributed by atoms with Crippen LogP contribution in [-0.4, -0.2) is 12.6 Å². The molecule has 0 radical (unpaired) electrons. The third-order valence-corrected chi connectivity index (χ3v) is 0.564. The van der Waals surface area contributed by atoms with Gasteiger partial charge < -0.3 is 4.74 Å². The Bertz CT molecular complexity index is 105. The van der Waals surface area contributed by atoms with Crippen molar-refractivity contribution in [3.8, 4) is 0 Å². The zero-order chi connectivity index (χ0) is 6.57. The lowest BCUT2D eigenvalue weighted by atomic mass is 10.4. The Labute approximate surface area is 49.1 Å². The van der Waals surface area contributed by atoms with Crippen molar-refractivity contribution in [3.63, 3.8) is 0 Å². The summed E-state index contributed by atoms with van der Waals surface area (Å²) >= 11 is 0. The number of rotatable bonds is 2. The Morgan fingerprint density at radius 1 is 1.88 bits per heavy atom. The van der Waals surface area contributed by atoms with Gasteiger partial charge in [0, 0.05) is 13.5 Å². The van der Waals surface area contributed by atoms with Crippen LogP contribution in [-0.2, 0) is 9.53 Å². The Hall–Kier alpha value is -0.920. The molecule has 0 aliphatic heterocycles. The third-order valence-electron chi connectivity index (χ3n) is 0.564. The molecule has 0 N–H and O–H groups in total. The number of hydrogen-bond donors (Lipinski definition) is 0. The van der Waals surface area contributed by atoms with E-state index in [0.717, 1.165) is 0 Å². The Kier molecular flexibility index (Phi) is 2.77. The lowest BCUT2D eigenvalue weighted by molar-refractivity contribution is -0.138. The summed E-state index contributed by atoms with van der Waals surface area (Å²) in [4.78, 5) is 10.4. The summed E-state index contributed by atoms with van der Waals surface area (Å²) < 4.78 is 4.50. The zero-order valence-corrected chi connectivity index (χ0v) is 4.94. The molecule has 0 aromatic heterocycles. The molecule has 0 aliphatic carbocycles. The van der Waals surface area contributed by atoms with E-state index in [4.69, 9.17) is 0 Å². The van der Waals surface area contributed by atoms with E-state index in [1.54, 1.807) is 6.92 Å². The molecular weight excluding hydrogens is 104 g/mol. The first-order chi connectivity index (χ1) is 3.68. The second kappa shape index (κ2) is 3.13. The molecule has 0 saturated carbocycles. The fourth-order valence-corrected chi connectivity index (χ4v) is 0.233. The van der Waals surface area contributed by atoms with Crippen molar-refractivity contribution in [1.29, 1.82) is 0 Å². The molecule has 0 rings (SSSR count). The molecule has 2 heteroatoms. The van der Waals surface area contributed by atoms with Crippen LogP contribution in [0.5, 0.6) is 0 Å². The first-order valence-corrected chi connectivity index (χ1v) is 2.36. The second-order valence-electron chi connectivity index (χ2n) is 1.32. The third kappa shape index (κ3) is 2.29. The molecular formula is C6H9O2+. The van der Waals surface area contributed by atoms with Crippen molar-refractivity contribution < 1.29 is 9.53 Å². The van der Waals surface area contributed by atoms with Crippen LogP contribution < -0.4 is 0 Å². The van der Waals surface area contributed by atoms with E-state index < -0.39 is 5.97 Å². The molecule has 0 spiro atoms. The molecule has 0 amide bonds. The van der Waals surface area contributed by atoms with Crippen LogP contribution >= 0.6 is 0 Å². The van der Waals surface area contributed by atoms with Crippen LogP contribution in [0.3, 0.4) is 0 Å². The highest BCUT2D eigenvalue weighted by Gasteiger charge is 2.09. The van der Waals surface area contributed by atoms with E-state index in [0.29, 0.717) is 6.61 Å². The standard InChI is InChI=1S/C6H9O2/c1-4-8-6(7)5(2)3/h2-4H2,1H3/q+1. The maximum atomic E-state index is 10.4. The topological polar surface area (TPSA) is 26.3 Å². The highest BCUT2D eigenvalue weighted by Crippen LogP contribution is 1.88. The molecule has 0 heterocycles. The molecule has 0 fully saturated rings. The van der Waals surface area contributed by atoms with Gasteiger partial charge in [-0.3, -0.25) is 0 Å². The number of hydrogen-bond acceptors (Lipinski definition) is 2. The first kappa shape index (κ1) is 7.08. The Balaban J connectivity index is 3.49. The van der Waals surface area contributed by atoms with Crippen LogP contribution in [0.1, 0.15) is 6.92 Å². The summed E-state index contributed by atoms with van der Waals surface area (Å²) in [5.41, 5.74) is 0.201. The van der Waals surface area contributed by atoms with Crippen molar-refractivity contribution in [2.45, 2.75) is 6.92 Å². The summed E-state index contributed by atoms with van der Waals surface area (Å²) in [7, 11) is 0. The Morgan fingerprint density at radius 2 is 2.38 bits per heavy atom. The molecule has 8 heavy (non-hydrogen) atoms. The van der Waals surface area contributed by atoms with Crippen LogP contribution in [0.15, 0.2) is 12.2 Å². The largest absolute Gasteiger partial charge is 0.448 e. The molecule has 44 valence electrons. The summed E-state index contributed by atoms with van der Waals surface area (Å²) in [5, 5.41) is 0. The minimum Gasteiger partial charge on any atom is -0.402 e. The zero-order valence-electron chi connectivity index (χ0n) is 4.94. The monoisotopic (exact) mass is 113 g/mol. The molecule has 0 aromatic rings. The van der Waals surface area contributed by atoms with Gasteiger partial charge in [-0.1, -0.05) is 0 Å². The summed E-state index contributed by atoms with van der Waals surface area (Å²) in [6.45, 7) is 8.70. The van der Waals surface area contributed by atoms with E-state index in [9.17, 15) is 4.79 Å².